The summed E-state index contributed by atoms with van der Waals surface area (Å²) in [6.45, 7) is 5.26. The van der Waals surface area contributed by atoms with Crippen molar-refractivity contribution in [3.8, 4) is 5.69 Å². The second-order valence-corrected chi connectivity index (χ2v) is 7.44. The molecule has 1 fully saturated rings. The molecular formula is C22H26N6O2. The number of hydrogen-bond acceptors (Lipinski definition) is 5. The fraction of sp³-hybridized carbons (Fsp3) is 0.318. The highest BCUT2D eigenvalue weighted by Crippen LogP contribution is 2.15. The SMILES string of the molecule is Cc1c(NC(=O)CN2CCN(c3ccccn3)CC2)c(=O)n(-c2ccccc2)n1C. The summed E-state index contributed by atoms with van der Waals surface area (Å²) in [6.07, 6.45) is 1.79. The van der Waals surface area contributed by atoms with Crippen LogP contribution >= 0.6 is 0 Å². The number of piperazine rings is 1. The van der Waals surface area contributed by atoms with Crippen LogP contribution in [0.5, 0.6) is 0 Å². The fourth-order valence-electron chi connectivity index (χ4n) is 3.77. The second kappa shape index (κ2) is 8.54. The van der Waals surface area contributed by atoms with Gasteiger partial charge < -0.3 is 10.2 Å². The van der Waals surface area contributed by atoms with Crippen molar-refractivity contribution in [3.05, 3.63) is 70.8 Å². The van der Waals surface area contributed by atoms with Crippen LogP contribution in [0.25, 0.3) is 5.69 Å². The maximum absolute atomic E-state index is 12.9. The minimum atomic E-state index is -0.227. The Kier molecular flexibility index (Phi) is 5.67. The zero-order valence-corrected chi connectivity index (χ0v) is 17.3. The summed E-state index contributed by atoms with van der Waals surface area (Å²) >= 11 is 0. The Bertz CT molecular complexity index is 1070. The number of rotatable bonds is 5. The molecule has 8 nitrogen and oxygen atoms in total. The molecule has 0 unspecified atom stereocenters. The van der Waals surface area contributed by atoms with Crippen molar-refractivity contribution in [1.29, 1.82) is 0 Å². The first-order valence-electron chi connectivity index (χ1n) is 10.1. The Hall–Kier alpha value is -3.39. The van der Waals surface area contributed by atoms with Crippen molar-refractivity contribution in [2.45, 2.75) is 6.92 Å². The lowest BCUT2D eigenvalue weighted by atomic mass is 10.3. The summed E-state index contributed by atoms with van der Waals surface area (Å²) in [7, 11) is 1.82. The molecule has 0 bridgehead atoms. The van der Waals surface area contributed by atoms with E-state index >= 15 is 0 Å². The Balaban J connectivity index is 1.40. The normalized spacial score (nSPS) is 14.7. The number of carbonyl (C=O) groups excluding carboxylic acids is 1. The molecule has 4 rings (SSSR count). The smallest absolute Gasteiger partial charge is 0.295 e. The summed E-state index contributed by atoms with van der Waals surface area (Å²) in [5.41, 5.74) is 1.59. The number of benzene rings is 1. The van der Waals surface area contributed by atoms with Crippen LogP contribution < -0.4 is 15.8 Å². The highest BCUT2D eigenvalue weighted by Gasteiger charge is 2.22. The zero-order valence-electron chi connectivity index (χ0n) is 17.3. The highest BCUT2D eigenvalue weighted by molar-refractivity contribution is 5.92. The van der Waals surface area contributed by atoms with Gasteiger partial charge in [-0.25, -0.2) is 9.67 Å². The quantitative estimate of drug-likeness (QED) is 0.697. The summed E-state index contributed by atoms with van der Waals surface area (Å²) in [5, 5.41) is 2.84. The van der Waals surface area contributed by atoms with Gasteiger partial charge in [-0.1, -0.05) is 24.3 Å². The average Bonchev–Trinajstić information content (AvgIpc) is 2.98. The summed E-state index contributed by atoms with van der Waals surface area (Å²) in [6, 6.07) is 15.3. The number of anilines is 2. The molecule has 1 N–H and O–H groups in total. The third-order valence-electron chi connectivity index (χ3n) is 5.53. The molecule has 0 aliphatic carbocycles. The van der Waals surface area contributed by atoms with E-state index in [0.717, 1.165) is 43.4 Å². The molecular weight excluding hydrogens is 380 g/mol. The maximum Gasteiger partial charge on any atom is 0.295 e. The molecule has 0 atom stereocenters. The molecule has 1 aliphatic heterocycles. The molecule has 2 aromatic heterocycles. The number of nitrogens with zero attached hydrogens (tertiary/aromatic N) is 5. The van der Waals surface area contributed by atoms with Gasteiger partial charge in [-0.2, -0.15) is 0 Å². The van der Waals surface area contributed by atoms with Gasteiger partial charge in [0.25, 0.3) is 5.56 Å². The van der Waals surface area contributed by atoms with Gasteiger partial charge in [0.1, 0.15) is 11.5 Å². The highest BCUT2D eigenvalue weighted by atomic mass is 16.2. The largest absolute Gasteiger partial charge is 0.354 e. The fourth-order valence-corrected chi connectivity index (χ4v) is 3.77. The van der Waals surface area contributed by atoms with Gasteiger partial charge in [0.05, 0.1) is 17.9 Å². The van der Waals surface area contributed by atoms with E-state index in [0.29, 0.717) is 5.69 Å². The number of hydrogen-bond donors (Lipinski definition) is 1. The van der Waals surface area contributed by atoms with Crippen molar-refractivity contribution in [3.63, 3.8) is 0 Å². The van der Waals surface area contributed by atoms with E-state index in [-0.39, 0.29) is 18.0 Å². The first kappa shape index (κ1) is 19.9. The van der Waals surface area contributed by atoms with Crippen LogP contribution in [0.2, 0.25) is 0 Å². The lowest BCUT2D eigenvalue weighted by Crippen LogP contribution is -2.49. The standard InChI is InChI=1S/C22H26N6O2/c1-17-21(22(30)28(25(17)2)18-8-4-3-5-9-18)24-20(29)16-26-12-14-27(15-13-26)19-10-6-7-11-23-19/h3-11H,12-16H2,1-2H3,(H,24,29). The van der Waals surface area contributed by atoms with Crippen molar-refractivity contribution in [2.24, 2.45) is 7.05 Å². The Labute approximate surface area is 175 Å². The van der Waals surface area contributed by atoms with E-state index in [4.69, 9.17) is 0 Å². The van der Waals surface area contributed by atoms with E-state index in [1.54, 1.807) is 15.6 Å². The van der Waals surface area contributed by atoms with Crippen molar-refractivity contribution >= 4 is 17.4 Å². The van der Waals surface area contributed by atoms with Crippen molar-refractivity contribution in [1.82, 2.24) is 19.2 Å². The number of nitrogens with one attached hydrogen (secondary N) is 1. The molecule has 3 aromatic rings. The molecule has 0 saturated carbocycles. The summed E-state index contributed by atoms with van der Waals surface area (Å²) in [4.78, 5) is 34.3. The van der Waals surface area contributed by atoms with Crippen molar-refractivity contribution in [2.75, 3.05) is 42.9 Å². The van der Waals surface area contributed by atoms with Gasteiger partial charge >= 0.3 is 0 Å². The Morgan fingerprint density at radius 2 is 1.73 bits per heavy atom. The third-order valence-corrected chi connectivity index (χ3v) is 5.53. The van der Waals surface area contributed by atoms with Crippen LogP contribution in [-0.4, -0.2) is 57.9 Å². The Morgan fingerprint density at radius 3 is 2.40 bits per heavy atom. The van der Waals surface area contributed by atoms with Gasteiger partial charge in [-0.15, -0.1) is 0 Å². The van der Waals surface area contributed by atoms with E-state index in [2.05, 4.69) is 20.1 Å². The predicted molar refractivity (Wildman–Crippen MR) is 117 cm³/mol. The van der Waals surface area contributed by atoms with Crippen LogP contribution in [0, 0.1) is 6.92 Å². The topological polar surface area (TPSA) is 75.4 Å². The molecule has 30 heavy (non-hydrogen) atoms. The van der Waals surface area contributed by atoms with E-state index < -0.39 is 0 Å². The lowest BCUT2D eigenvalue weighted by Gasteiger charge is -2.34. The molecule has 0 spiro atoms. The second-order valence-electron chi connectivity index (χ2n) is 7.44. The summed E-state index contributed by atoms with van der Waals surface area (Å²) in [5.74, 6) is 0.787. The van der Waals surface area contributed by atoms with Crippen LogP contribution in [0.3, 0.4) is 0 Å². The molecule has 1 saturated heterocycles. The Morgan fingerprint density at radius 1 is 1.03 bits per heavy atom. The van der Waals surface area contributed by atoms with Gasteiger partial charge in [-0.05, 0) is 31.2 Å². The number of amides is 1. The van der Waals surface area contributed by atoms with Crippen LogP contribution in [0.4, 0.5) is 11.5 Å². The maximum atomic E-state index is 12.9. The molecule has 1 amide bonds. The van der Waals surface area contributed by atoms with Crippen LogP contribution in [0.15, 0.2) is 59.5 Å². The molecule has 0 radical (unpaired) electrons. The first-order valence-corrected chi connectivity index (χ1v) is 10.1. The van der Waals surface area contributed by atoms with E-state index in [9.17, 15) is 9.59 Å². The number of carbonyl (C=O) groups is 1. The minimum absolute atomic E-state index is 0.174. The van der Waals surface area contributed by atoms with E-state index in [1.807, 2.05) is 62.5 Å². The van der Waals surface area contributed by atoms with Gasteiger partial charge in [0.15, 0.2) is 0 Å². The summed E-state index contributed by atoms with van der Waals surface area (Å²) < 4.78 is 3.33. The van der Waals surface area contributed by atoms with Crippen molar-refractivity contribution < 1.29 is 4.79 Å². The molecule has 1 aliphatic rings. The van der Waals surface area contributed by atoms with Gasteiger partial charge in [0.2, 0.25) is 5.91 Å². The first-order chi connectivity index (χ1) is 14.5. The molecule has 156 valence electrons. The average molecular weight is 406 g/mol. The molecule has 3 heterocycles. The van der Waals surface area contributed by atoms with Crippen LogP contribution in [-0.2, 0) is 11.8 Å². The third kappa shape index (κ3) is 3.99. The monoisotopic (exact) mass is 406 g/mol. The van der Waals surface area contributed by atoms with Gasteiger partial charge in [-0.3, -0.25) is 19.2 Å². The molecule has 8 heteroatoms. The zero-order chi connectivity index (χ0) is 21.1. The molecule has 1 aromatic carbocycles. The number of para-hydroxylation sites is 1. The number of aromatic nitrogens is 3. The number of pyridine rings is 1. The lowest BCUT2D eigenvalue weighted by molar-refractivity contribution is -0.117. The predicted octanol–water partition coefficient (Wildman–Crippen LogP) is 1.64. The van der Waals surface area contributed by atoms with Gasteiger partial charge in [0, 0.05) is 39.4 Å². The minimum Gasteiger partial charge on any atom is -0.354 e. The van der Waals surface area contributed by atoms with E-state index in [1.165, 1.54) is 0 Å². The van der Waals surface area contributed by atoms with Crippen LogP contribution in [0.1, 0.15) is 5.69 Å².